The largest absolute Gasteiger partial charge is 0.352 e. The lowest BCUT2D eigenvalue weighted by Gasteiger charge is -2.33. The molecule has 1 fully saturated rings. The van der Waals surface area contributed by atoms with Gasteiger partial charge in [-0.05, 0) is 6.92 Å². The third-order valence-electron chi connectivity index (χ3n) is 2.58. The van der Waals surface area contributed by atoms with Crippen molar-refractivity contribution < 1.29 is 12.8 Å². The van der Waals surface area contributed by atoms with E-state index in [2.05, 4.69) is 9.97 Å². The van der Waals surface area contributed by atoms with Crippen molar-refractivity contribution in [3.05, 3.63) is 18.3 Å². The van der Waals surface area contributed by atoms with Crippen molar-refractivity contribution in [2.75, 3.05) is 23.0 Å². The van der Waals surface area contributed by atoms with Gasteiger partial charge in [0.15, 0.2) is 9.84 Å². The van der Waals surface area contributed by atoms with Gasteiger partial charge in [0.2, 0.25) is 5.95 Å². The molecule has 0 aromatic carbocycles. The van der Waals surface area contributed by atoms with Crippen molar-refractivity contribution in [2.24, 2.45) is 0 Å². The molecular formula is C9H12FN3O2S. The summed E-state index contributed by atoms with van der Waals surface area (Å²) in [5.74, 6) is 0.00206. The molecule has 5 nitrogen and oxygen atoms in total. The van der Waals surface area contributed by atoms with Gasteiger partial charge in [-0.1, -0.05) is 0 Å². The Morgan fingerprint density at radius 3 is 2.88 bits per heavy atom. The molecule has 2 heterocycles. The number of nitrogens with zero attached hydrogens (tertiary/aromatic N) is 3. The van der Waals surface area contributed by atoms with E-state index in [-0.39, 0.29) is 17.5 Å². The highest BCUT2D eigenvalue weighted by Gasteiger charge is 2.28. The van der Waals surface area contributed by atoms with Crippen LogP contribution in [0, 0.1) is 5.95 Å². The Bertz CT molecular complexity index is 491. The lowest BCUT2D eigenvalue weighted by atomic mass is 10.3. The number of halogens is 1. The lowest BCUT2D eigenvalue weighted by molar-refractivity contribution is 0.560. The monoisotopic (exact) mass is 245 g/mol. The number of sulfone groups is 1. The molecular weight excluding hydrogens is 233 g/mol. The van der Waals surface area contributed by atoms with Gasteiger partial charge >= 0.3 is 0 Å². The maximum absolute atomic E-state index is 12.9. The second-order valence-corrected chi connectivity index (χ2v) is 6.08. The molecule has 1 saturated heterocycles. The Balaban J connectivity index is 2.24. The molecule has 1 aliphatic rings. The molecule has 0 bridgehead atoms. The fourth-order valence-electron chi connectivity index (χ4n) is 1.82. The Kier molecular flexibility index (Phi) is 2.79. The van der Waals surface area contributed by atoms with E-state index in [0.717, 1.165) is 6.33 Å². The van der Waals surface area contributed by atoms with Crippen molar-refractivity contribution in [3.8, 4) is 0 Å². The minimum absolute atomic E-state index is 0.0820. The molecule has 1 atom stereocenters. The van der Waals surface area contributed by atoms with Crippen molar-refractivity contribution >= 4 is 15.7 Å². The maximum Gasteiger partial charge on any atom is 0.218 e. The average Bonchev–Trinajstić information content (AvgIpc) is 2.15. The van der Waals surface area contributed by atoms with Gasteiger partial charge in [0.05, 0.1) is 11.5 Å². The predicted molar refractivity (Wildman–Crippen MR) is 57.5 cm³/mol. The van der Waals surface area contributed by atoms with E-state index in [1.54, 1.807) is 11.8 Å². The van der Waals surface area contributed by atoms with Crippen LogP contribution in [0.5, 0.6) is 0 Å². The van der Waals surface area contributed by atoms with Crippen LogP contribution in [0.15, 0.2) is 12.4 Å². The molecule has 0 aliphatic carbocycles. The van der Waals surface area contributed by atoms with E-state index in [9.17, 15) is 12.8 Å². The van der Waals surface area contributed by atoms with Gasteiger partial charge in [0.25, 0.3) is 0 Å². The number of rotatable bonds is 1. The molecule has 0 spiro atoms. The molecule has 1 unspecified atom stereocenters. The molecule has 16 heavy (non-hydrogen) atoms. The first kappa shape index (κ1) is 11.3. The first-order valence-corrected chi connectivity index (χ1v) is 6.75. The summed E-state index contributed by atoms with van der Waals surface area (Å²) in [5, 5.41) is 0. The van der Waals surface area contributed by atoms with Crippen LogP contribution in [0.1, 0.15) is 6.92 Å². The van der Waals surface area contributed by atoms with Gasteiger partial charge in [-0.25, -0.2) is 18.4 Å². The van der Waals surface area contributed by atoms with Crippen LogP contribution in [0.2, 0.25) is 0 Å². The highest BCUT2D eigenvalue weighted by Crippen LogP contribution is 2.19. The second-order valence-electron chi connectivity index (χ2n) is 3.86. The zero-order valence-corrected chi connectivity index (χ0v) is 9.61. The second kappa shape index (κ2) is 3.97. The zero-order valence-electron chi connectivity index (χ0n) is 8.80. The maximum atomic E-state index is 12.9. The molecule has 0 amide bonds. The first-order chi connectivity index (χ1) is 7.48. The van der Waals surface area contributed by atoms with Crippen LogP contribution in [0.3, 0.4) is 0 Å². The smallest absolute Gasteiger partial charge is 0.218 e. The van der Waals surface area contributed by atoms with Crippen LogP contribution in [0.25, 0.3) is 0 Å². The Hall–Kier alpha value is -1.24. The van der Waals surface area contributed by atoms with Gasteiger partial charge in [-0.3, -0.25) is 0 Å². The number of anilines is 1. The van der Waals surface area contributed by atoms with Gasteiger partial charge in [-0.2, -0.15) is 4.39 Å². The van der Waals surface area contributed by atoms with E-state index in [0.29, 0.717) is 12.4 Å². The Morgan fingerprint density at radius 1 is 1.50 bits per heavy atom. The van der Waals surface area contributed by atoms with Crippen LogP contribution in [-0.4, -0.2) is 42.5 Å². The van der Waals surface area contributed by atoms with Gasteiger partial charge in [-0.15, -0.1) is 0 Å². The molecule has 1 aromatic rings. The normalized spacial score (nSPS) is 24.4. The molecule has 1 aliphatic heterocycles. The van der Waals surface area contributed by atoms with E-state index in [4.69, 9.17) is 0 Å². The summed E-state index contributed by atoms with van der Waals surface area (Å²) in [6, 6.07) is 1.03. The molecule has 1 aromatic heterocycles. The summed E-state index contributed by atoms with van der Waals surface area (Å²) < 4.78 is 35.6. The summed E-state index contributed by atoms with van der Waals surface area (Å²) >= 11 is 0. The van der Waals surface area contributed by atoms with Crippen molar-refractivity contribution in [1.82, 2.24) is 9.97 Å². The molecule has 0 radical (unpaired) electrons. The molecule has 2 rings (SSSR count). The summed E-state index contributed by atoms with van der Waals surface area (Å²) in [4.78, 5) is 9.09. The Morgan fingerprint density at radius 2 is 2.25 bits per heavy atom. The van der Waals surface area contributed by atoms with Crippen LogP contribution >= 0.6 is 0 Å². The van der Waals surface area contributed by atoms with E-state index >= 15 is 0 Å². The minimum atomic E-state index is -2.96. The predicted octanol–water partition coefficient (Wildman–Crippen LogP) is 0.239. The topological polar surface area (TPSA) is 63.2 Å². The highest BCUT2D eigenvalue weighted by atomic mass is 32.2. The quantitative estimate of drug-likeness (QED) is 0.663. The fourth-order valence-corrected chi connectivity index (χ4v) is 3.38. The molecule has 0 saturated carbocycles. The summed E-state index contributed by atoms with van der Waals surface area (Å²) in [7, 11) is -2.96. The van der Waals surface area contributed by atoms with Crippen LogP contribution < -0.4 is 4.90 Å². The molecule has 0 N–H and O–H groups in total. The van der Waals surface area contributed by atoms with E-state index in [1.165, 1.54) is 6.07 Å². The SMILES string of the molecule is CC1CS(=O)(=O)CCN1c1cc(F)ncn1. The molecule has 7 heteroatoms. The van der Waals surface area contributed by atoms with Crippen molar-refractivity contribution in [2.45, 2.75) is 13.0 Å². The summed E-state index contributed by atoms with van der Waals surface area (Å²) in [6.07, 6.45) is 1.14. The van der Waals surface area contributed by atoms with Crippen molar-refractivity contribution in [3.63, 3.8) is 0 Å². The molecule has 88 valence electrons. The lowest BCUT2D eigenvalue weighted by Crippen LogP contribution is -2.47. The van der Waals surface area contributed by atoms with Gasteiger partial charge in [0, 0.05) is 18.7 Å². The fraction of sp³-hybridized carbons (Fsp3) is 0.556. The third kappa shape index (κ3) is 2.29. The zero-order chi connectivity index (χ0) is 11.8. The Labute approximate surface area is 93.2 Å². The van der Waals surface area contributed by atoms with Crippen LogP contribution in [-0.2, 0) is 9.84 Å². The first-order valence-electron chi connectivity index (χ1n) is 4.92. The minimum Gasteiger partial charge on any atom is -0.352 e. The van der Waals surface area contributed by atoms with E-state index in [1.807, 2.05) is 0 Å². The standard InChI is InChI=1S/C9H12FN3O2S/c1-7-5-16(14,15)3-2-13(7)9-4-8(10)11-6-12-9/h4,6-7H,2-3,5H2,1H3. The number of aromatic nitrogens is 2. The summed E-state index contributed by atoms with van der Waals surface area (Å²) in [6.45, 7) is 2.14. The van der Waals surface area contributed by atoms with Gasteiger partial charge < -0.3 is 4.90 Å². The third-order valence-corrected chi connectivity index (χ3v) is 4.38. The van der Waals surface area contributed by atoms with Crippen LogP contribution in [0.4, 0.5) is 10.2 Å². The van der Waals surface area contributed by atoms with Crippen molar-refractivity contribution in [1.29, 1.82) is 0 Å². The number of hydrogen-bond donors (Lipinski definition) is 0. The van der Waals surface area contributed by atoms with E-state index < -0.39 is 15.8 Å². The number of hydrogen-bond acceptors (Lipinski definition) is 5. The van der Waals surface area contributed by atoms with Gasteiger partial charge in [0.1, 0.15) is 12.1 Å². The highest BCUT2D eigenvalue weighted by molar-refractivity contribution is 7.91. The average molecular weight is 245 g/mol. The summed E-state index contributed by atoms with van der Waals surface area (Å²) in [5.41, 5.74) is 0.